The van der Waals surface area contributed by atoms with E-state index in [1.54, 1.807) is 35.5 Å². The third-order valence-electron chi connectivity index (χ3n) is 4.32. The average Bonchev–Trinajstić information content (AvgIpc) is 2.64. The van der Waals surface area contributed by atoms with E-state index in [1.807, 2.05) is 6.07 Å². The molecule has 3 heterocycles. The summed E-state index contributed by atoms with van der Waals surface area (Å²) in [7, 11) is 0. The lowest BCUT2D eigenvalue weighted by Crippen LogP contribution is -2.48. The zero-order valence-electron chi connectivity index (χ0n) is 13.4. The summed E-state index contributed by atoms with van der Waals surface area (Å²) in [5, 5.41) is 3.41. The molecule has 1 aliphatic rings. The Balaban J connectivity index is 1.64. The number of hydrogen-bond donors (Lipinski definition) is 1. The first-order chi connectivity index (χ1) is 12.2. The molecule has 0 bridgehead atoms. The summed E-state index contributed by atoms with van der Waals surface area (Å²) in [6, 6.07) is 7.87. The number of halogens is 1. The van der Waals surface area contributed by atoms with Crippen LogP contribution in [0.25, 0.3) is 10.9 Å². The normalized spacial score (nSPS) is 17.7. The summed E-state index contributed by atoms with van der Waals surface area (Å²) in [4.78, 5) is 26.9. The standard InChI is InChI=1S/C18H16FN5O/c19-13-5-1-6-14-16(13)17(22-11-21-14)23-15-7-3-9-24(18(15)25)12-4-2-8-20-10-12/h1-2,4-6,8,10-11,15H,3,7,9H2,(H,21,22,23). The van der Waals surface area contributed by atoms with Crippen molar-refractivity contribution >= 4 is 28.3 Å². The second-order valence-electron chi connectivity index (χ2n) is 5.90. The van der Waals surface area contributed by atoms with Crippen molar-refractivity contribution in [3.63, 3.8) is 0 Å². The van der Waals surface area contributed by atoms with E-state index in [2.05, 4.69) is 20.3 Å². The number of carbonyl (C=O) groups is 1. The fourth-order valence-corrected chi connectivity index (χ4v) is 3.12. The number of amides is 1. The van der Waals surface area contributed by atoms with Gasteiger partial charge in [-0.2, -0.15) is 0 Å². The van der Waals surface area contributed by atoms with E-state index >= 15 is 0 Å². The third-order valence-corrected chi connectivity index (χ3v) is 4.32. The predicted octanol–water partition coefficient (Wildman–Crippen LogP) is 2.77. The second-order valence-corrected chi connectivity index (χ2v) is 5.90. The lowest BCUT2D eigenvalue weighted by Gasteiger charge is -2.32. The van der Waals surface area contributed by atoms with E-state index < -0.39 is 11.9 Å². The van der Waals surface area contributed by atoms with Crippen LogP contribution in [0.1, 0.15) is 12.8 Å². The molecule has 1 saturated heterocycles. The summed E-state index contributed by atoms with van der Waals surface area (Å²) in [5.74, 6) is -0.134. The highest BCUT2D eigenvalue weighted by Gasteiger charge is 2.30. The molecule has 1 aliphatic heterocycles. The maximum Gasteiger partial charge on any atom is 0.249 e. The van der Waals surface area contributed by atoms with Crippen LogP contribution in [-0.4, -0.2) is 33.4 Å². The van der Waals surface area contributed by atoms with Crippen LogP contribution in [0.2, 0.25) is 0 Å². The molecule has 0 spiro atoms. The van der Waals surface area contributed by atoms with Gasteiger partial charge in [0.25, 0.3) is 0 Å². The highest BCUT2D eigenvalue weighted by Crippen LogP contribution is 2.26. The van der Waals surface area contributed by atoms with Gasteiger partial charge in [-0.1, -0.05) is 6.07 Å². The smallest absolute Gasteiger partial charge is 0.249 e. The predicted molar refractivity (Wildman–Crippen MR) is 92.7 cm³/mol. The summed E-state index contributed by atoms with van der Waals surface area (Å²) in [5.41, 5.74) is 1.27. The quantitative estimate of drug-likeness (QED) is 0.796. The molecule has 1 unspecified atom stereocenters. The molecule has 1 aromatic carbocycles. The summed E-state index contributed by atoms with van der Waals surface area (Å²) in [6.07, 6.45) is 6.21. The molecule has 1 atom stereocenters. The number of hydrogen-bond acceptors (Lipinski definition) is 5. The molecule has 3 aromatic rings. The maximum absolute atomic E-state index is 14.2. The van der Waals surface area contributed by atoms with Gasteiger partial charge in [-0.15, -0.1) is 0 Å². The Kier molecular flexibility index (Phi) is 3.97. The van der Waals surface area contributed by atoms with Crippen molar-refractivity contribution in [3.05, 3.63) is 54.9 Å². The number of nitrogens with one attached hydrogen (secondary N) is 1. The van der Waals surface area contributed by atoms with Gasteiger partial charge < -0.3 is 10.2 Å². The second kappa shape index (κ2) is 6.43. The van der Waals surface area contributed by atoms with Crippen molar-refractivity contribution in [1.29, 1.82) is 0 Å². The van der Waals surface area contributed by atoms with Crippen LogP contribution in [0.3, 0.4) is 0 Å². The van der Waals surface area contributed by atoms with E-state index in [-0.39, 0.29) is 5.91 Å². The number of piperidine rings is 1. The van der Waals surface area contributed by atoms with Crippen LogP contribution < -0.4 is 10.2 Å². The van der Waals surface area contributed by atoms with Crippen molar-refractivity contribution in [1.82, 2.24) is 15.0 Å². The van der Waals surface area contributed by atoms with Gasteiger partial charge in [-0.3, -0.25) is 9.78 Å². The van der Waals surface area contributed by atoms with Crippen molar-refractivity contribution in [2.24, 2.45) is 0 Å². The molecule has 1 N–H and O–H groups in total. The zero-order chi connectivity index (χ0) is 17.2. The molecular weight excluding hydrogens is 321 g/mol. The molecule has 126 valence electrons. The molecule has 4 rings (SSSR count). The molecule has 6 nitrogen and oxygen atoms in total. The van der Waals surface area contributed by atoms with Crippen molar-refractivity contribution in [3.8, 4) is 0 Å². The Morgan fingerprint density at radius 3 is 2.96 bits per heavy atom. The van der Waals surface area contributed by atoms with Crippen LogP contribution >= 0.6 is 0 Å². The molecule has 1 fully saturated rings. The van der Waals surface area contributed by atoms with Gasteiger partial charge in [0.15, 0.2) is 0 Å². The molecule has 1 amide bonds. The molecule has 0 saturated carbocycles. The molecule has 0 radical (unpaired) electrons. The number of fused-ring (bicyclic) bond motifs is 1. The fourth-order valence-electron chi connectivity index (χ4n) is 3.12. The van der Waals surface area contributed by atoms with E-state index in [4.69, 9.17) is 0 Å². The van der Waals surface area contributed by atoms with Crippen molar-refractivity contribution in [2.75, 3.05) is 16.8 Å². The number of anilines is 2. The van der Waals surface area contributed by atoms with Gasteiger partial charge in [-0.05, 0) is 37.1 Å². The number of carbonyl (C=O) groups excluding carboxylic acids is 1. The van der Waals surface area contributed by atoms with E-state index in [0.29, 0.717) is 29.7 Å². The van der Waals surface area contributed by atoms with E-state index in [1.165, 1.54) is 12.4 Å². The van der Waals surface area contributed by atoms with Gasteiger partial charge in [0.1, 0.15) is 24.0 Å². The lowest BCUT2D eigenvalue weighted by atomic mass is 10.0. The lowest BCUT2D eigenvalue weighted by molar-refractivity contribution is -0.120. The Labute approximate surface area is 143 Å². The summed E-state index contributed by atoms with van der Waals surface area (Å²) < 4.78 is 14.2. The summed E-state index contributed by atoms with van der Waals surface area (Å²) >= 11 is 0. The summed E-state index contributed by atoms with van der Waals surface area (Å²) in [6.45, 7) is 0.640. The first-order valence-electron chi connectivity index (χ1n) is 8.11. The van der Waals surface area contributed by atoms with Gasteiger partial charge >= 0.3 is 0 Å². The van der Waals surface area contributed by atoms with E-state index in [9.17, 15) is 9.18 Å². The topological polar surface area (TPSA) is 71.0 Å². The van der Waals surface area contributed by atoms with Crippen LogP contribution in [-0.2, 0) is 4.79 Å². The van der Waals surface area contributed by atoms with Crippen LogP contribution in [0, 0.1) is 5.82 Å². The first kappa shape index (κ1) is 15.4. The van der Waals surface area contributed by atoms with Crippen molar-refractivity contribution < 1.29 is 9.18 Å². The Bertz CT molecular complexity index is 912. The minimum Gasteiger partial charge on any atom is -0.358 e. The number of nitrogens with zero attached hydrogens (tertiary/aromatic N) is 4. The minimum atomic E-state index is -0.466. The third kappa shape index (κ3) is 2.88. The van der Waals surface area contributed by atoms with Crippen LogP contribution in [0.15, 0.2) is 49.1 Å². The SMILES string of the molecule is O=C1C(Nc2ncnc3cccc(F)c23)CCCN1c1cccnc1. The van der Waals surface area contributed by atoms with Gasteiger partial charge in [0.05, 0.1) is 22.8 Å². The minimum absolute atomic E-state index is 0.0673. The van der Waals surface area contributed by atoms with Gasteiger partial charge in [0, 0.05) is 12.7 Å². The number of rotatable bonds is 3. The molecule has 0 aliphatic carbocycles. The van der Waals surface area contributed by atoms with Crippen molar-refractivity contribution in [2.45, 2.75) is 18.9 Å². The van der Waals surface area contributed by atoms with Gasteiger partial charge in [-0.25, -0.2) is 14.4 Å². The van der Waals surface area contributed by atoms with Gasteiger partial charge in [0.2, 0.25) is 5.91 Å². The monoisotopic (exact) mass is 337 g/mol. The van der Waals surface area contributed by atoms with E-state index in [0.717, 1.165) is 12.1 Å². The molecule has 7 heteroatoms. The molecular formula is C18H16FN5O. The number of pyridine rings is 1. The molecule has 2 aromatic heterocycles. The Morgan fingerprint density at radius 2 is 2.12 bits per heavy atom. The Hall–Kier alpha value is -3.09. The highest BCUT2D eigenvalue weighted by molar-refractivity contribution is 6.00. The first-order valence-corrected chi connectivity index (χ1v) is 8.11. The maximum atomic E-state index is 14.2. The molecule has 25 heavy (non-hydrogen) atoms. The average molecular weight is 337 g/mol. The fraction of sp³-hybridized carbons (Fsp3) is 0.222. The number of aromatic nitrogens is 3. The Morgan fingerprint density at radius 1 is 1.20 bits per heavy atom. The number of benzene rings is 1. The highest BCUT2D eigenvalue weighted by atomic mass is 19.1. The van der Waals surface area contributed by atoms with Crippen LogP contribution in [0.4, 0.5) is 15.9 Å². The largest absolute Gasteiger partial charge is 0.358 e. The zero-order valence-corrected chi connectivity index (χ0v) is 13.4. The van der Waals surface area contributed by atoms with Crippen LogP contribution in [0.5, 0.6) is 0 Å².